The Morgan fingerprint density at radius 2 is 1.55 bits per heavy atom. The van der Waals surface area contributed by atoms with Crippen molar-refractivity contribution >= 4 is 17.3 Å². The van der Waals surface area contributed by atoms with Crippen LogP contribution in [0.2, 0.25) is 0 Å². The van der Waals surface area contributed by atoms with Crippen LogP contribution in [0.15, 0.2) is 91.5 Å². The van der Waals surface area contributed by atoms with Crippen LogP contribution < -0.4 is 0 Å². The first kappa shape index (κ1) is 19.5. The fourth-order valence-corrected chi connectivity index (χ4v) is 5.31. The quantitative estimate of drug-likeness (QED) is 0.559. The van der Waals surface area contributed by atoms with Crippen LogP contribution in [0.3, 0.4) is 0 Å². The van der Waals surface area contributed by atoms with Crippen molar-refractivity contribution in [2.45, 2.75) is 19.4 Å². The Kier molecular flexibility index (Phi) is 4.82. The molecule has 31 heavy (non-hydrogen) atoms. The molecule has 1 heterocycles. The maximum atomic E-state index is 14.0. The van der Waals surface area contributed by atoms with Crippen molar-refractivity contribution in [3.63, 3.8) is 0 Å². The number of carbonyl (C=O) groups is 2. The van der Waals surface area contributed by atoms with E-state index in [-0.39, 0.29) is 17.6 Å². The fraction of sp³-hybridized carbons (Fsp3) is 0.214. The van der Waals surface area contributed by atoms with Gasteiger partial charge in [0.25, 0.3) is 0 Å². The molecule has 2 atom stereocenters. The zero-order valence-electron chi connectivity index (χ0n) is 17.5. The first-order chi connectivity index (χ1) is 15.1. The Morgan fingerprint density at radius 1 is 0.903 bits per heavy atom. The number of ketones is 1. The van der Waals surface area contributed by atoms with Gasteiger partial charge in [0.2, 0.25) is 5.91 Å². The Morgan fingerprint density at radius 3 is 2.26 bits per heavy atom. The molecule has 1 saturated heterocycles. The van der Waals surface area contributed by atoms with Crippen LogP contribution in [0.4, 0.5) is 0 Å². The summed E-state index contributed by atoms with van der Waals surface area (Å²) in [5, 5.41) is 0. The molecule has 154 valence electrons. The van der Waals surface area contributed by atoms with Crippen molar-refractivity contribution in [2.75, 3.05) is 6.54 Å². The molecule has 0 radical (unpaired) electrons. The van der Waals surface area contributed by atoms with Gasteiger partial charge in [-0.3, -0.25) is 9.59 Å². The van der Waals surface area contributed by atoms with Gasteiger partial charge < -0.3 is 4.90 Å². The second-order valence-electron chi connectivity index (χ2n) is 8.58. The van der Waals surface area contributed by atoms with E-state index in [2.05, 4.69) is 6.58 Å². The molecule has 1 aliphatic heterocycles. The molecule has 5 rings (SSSR count). The van der Waals surface area contributed by atoms with Crippen LogP contribution in [0.25, 0.3) is 5.57 Å². The summed E-state index contributed by atoms with van der Waals surface area (Å²) < 4.78 is 0. The van der Waals surface area contributed by atoms with Gasteiger partial charge in [-0.2, -0.15) is 0 Å². The largest absolute Gasteiger partial charge is 0.337 e. The lowest BCUT2D eigenvalue weighted by atomic mass is 9.63. The maximum absolute atomic E-state index is 14.0. The number of allylic oxidation sites excluding steroid dienone is 1. The molecule has 1 amide bonds. The Balaban J connectivity index is 1.56. The third-order valence-corrected chi connectivity index (χ3v) is 6.87. The summed E-state index contributed by atoms with van der Waals surface area (Å²) in [6.07, 6.45) is 1.18. The number of hydrogen-bond donors (Lipinski definition) is 0. The predicted octanol–water partition coefficient (Wildman–Crippen LogP) is 5.17. The van der Waals surface area contributed by atoms with Crippen LogP contribution in [0, 0.1) is 11.3 Å². The molecule has 1 spiro atoms. The second kappa shape index (κ2) is 7.66. The highest BCUT2D eigenvalue weighted by molar-refractivity contribution is 6.18. The molecule has 2 aliphatic rings. The molecule has 0 N–H and O–H groups in total. The Hall–Kier alpha value is -3.46. The lowest BCUT2D eigenvalue weighted by Gasteiger charge is -2.45. The number of piperidine rings is 1. The average molecular weight is 408 g/mol. The number of nitrogens with zero attached hydrogens (tertiary/aromatic N) is 1. The van der Waals surface area contributed by atoms with E-state index in [9.17, 15) is 9.59 Å². The molecule has 0 saturated carbocycles. The first-order valence-electron chi connectivity index (χ1n) is 10.8. The van der Waals surface area contributed by atoms with E-state index in [1.165, 1.54) is 0 Å². The van der Waals surface area contributed by atoms with Crippen molar-refractivity contribution in [1.82, 2.24) is 4.90 Å². The van der Waals surface area contributed by atoms with Gasteiger partial charge in [0.1, 0.15) is 5.41 Å². The highest BCUT2D eigenvalue weighted by Gasteiger charge is 2.60. The van der Waals surface area contributed by atoms with Crippen molar-refractivity contribution in [2.24, 2.45) is 11.3 Å². The standard InChI is InChI=1S/C28H25NO2/c1-20(22-12-6-3-7-13-22)25-16-17-29(19-21-10-4-2-5-11-21)27(31)28(25)18-23-14-8-9-15-24(23)26(28)30/h2-15,25H,1,16-19H2/t25-,28+/m0/s1. The third kappa shape index (κ3) is 3.12. The molecule has 3 nitrogen and oxygen atoms in total. The van der Waals surface area contributed by atoms with E-state index in [0.717, 1.165) is 28.7 Å². The predicted molar refractivity (Wildman–Crippen MR) is 122 cm³/mol. The van der Waals surface area contributed by atoms with Gasteiger partial charge in [0.05, 0.1) is 0 Å². The average Bonchev–Trinajstić information content (AvgIpc) is 3.11. The SMILES string of the molecule is C=C(c1ccccc1)[C@@H]1CCN(Cc2ccccc2)C(=O)[C@]12Cc1ccccc1C2=O. The summed E-state index contributed by atoms with van der Waals surface area (Å²) in [6.45, 7) is 5.53. The Labute approximate surface area is 183 Å². The van der Waals surface area contributed by atoms with Crippen molar-refractivity contribution in [3.8, 4) is 0 Å². The first-order valence-corrected chi connectivity index (χ1v) is 10.8. The third-order valence-electron chi connectivity index (χ3n) is 6.87. The zero-order valence-corrected chi connectivity index (χ0v) is 17.5. The lowest BCUT2D eigenvalue weighted by Crippen LogP contribution is -2.56. The van der Waals surface area contributed by atoms with Gasteiger partial charge in [0.15, 0.2) is 5.78 Å². The number of Topliss-reactive ketones (excluding diaryl/α,β-unsaturated/α-hetero) is 1. The van der Waals surface area contributed by atoms with Crippen molar-refractivity contribution < 1.29 is 9.59 Å². The van der Waals surface area contributed by atoms with Gasteiger partial charge in [-0.25, -0.2) is 0 Å². The smallest absolute Gasteiger partial charge is 0.237 e. The Bertz CT molecular complexity index is 1150. The summed E-state index contributed by atoms with van der Waals surface area (Å²) in [5.74, 6) is -0.326. The minimum atomic E-state index is -1.11. The van der Waals surface area contributed by atoms with E-state index >= 15 is 0 Å². The van der Waals surface area contributed by atoms with Crippen LogP contribution in [-0.4, -0.2) is 23.1 Å². The van der Waals surface area contributed by atoms with Crippen LogP contribution in [0.5, 0.6) is 0 Å². The highest BCUT2D eigenvalue weighted by atomic mass is 16.2. The number of likely N-dealkylation sites (tertiary alicyclic amines) is 1. The molecule has 3 aromatic rings. The normalized spacial score (nSPS) is 22.6. The minimum absolute atomic E-state index is 0.0482. The number of rotatable bonds is 4. The van der Waals surface area contributed by atoms with E-state index in [1.54, 1.807) is 0 Å². The molecule has 0 bridgehead atoms. The fourth-order valence-electron chi connectivity index (χ4n) is 5.31. The molecule has 1 fully saturated rings. The monoisotopic (exact) mass is 407 g/mol. The summed E-state index contributed by atoms with van der Waals surface area (Å²) in [6, 6.07) is 27.6. The minimum Gasteiger partial charge on any atom is -0.337 e. The summed E-state index contributed by atoms with van der Waals surface area (Å²) in [5.41, 5.74) is 3.50. The van der Waals surface area contributed by atoms with Gasteiger partial charge >= 0.3 is 0 Å². The molecule has 3 aromatic carbocycles. The summed E-state index contributed by atoms with van der Waals surface area (Å²) in [7, 11) is 0. The van der Waals surface area contributed by atoms with Crippen LogP contribution in [-0.2, 0) is 17.8 Å². The lowest BCUT2D eigenvalue weighted by molar-refractivity contribution is -0.145. The van der Waals surface area contributed by atoms with Crippen LogP contribution in [0.1, 0.15) is 33.5 Å². The molecular weight excluding hydrogens is 382 g/mol. The molecule has 1 aliphatic carbocycles. The van der Waals surface area contributed by atoms with Gasteiger partial charge in [-0.15, -0.1) is 0 Å². The van der Waals surface area contributed by atoms with E-state index < -0.39 is 5.41 Å². The summed E-state index contributed by atoms with van der Waals surface area (Å²) >= 11 is 0. The van der Waals surface area contributed by atoms with Gasteiger partial charge in [0, 0.05) is 24.6 Å². The number of hydrogen-bond acceptors (Lipinski definition) is 2. The maximum Gasteiger partial charge on any atom is 0.237 e. The van der Waals surface area contributed by atoms with E-state index in [0.29, 0.717) is 25.1 Å². The molecular formula is C28H25NO2. The van der Waals surface area contributed by atoms with Crippen LogP contribution >= 0.6 is 0 Å². The van der Waals surface area contributed by atoms with E-state index in [4.69, 9.17) is 0 Å². The van der Waals surface area contributed by atoms with Crippen molar-refractivity contribution in [3.05, 3.63) is 114 Å². The summed E-state index contributed by atoms with van der Waals surface area (Å²) in [4.78, 5) is 29.8. The molecule has 3 heteroatoms. The second-order valence-corrected chi connectivity index (χ2v) is 8.58. The highest BCUT2D eigenvalue weighted by Crippen LogP contribution is 2.52. The van der Waals surface area contributed by atoms with Crippen molar-refractivity contribution in [1.29, 1.82) is 0 Å². The van der Waals surface area contributed by atoms with Gasteiger partial charge in [-0.05, 0) is 35.1 Å². The number of benzene rings is 3. The number of fused-ring (bicyclic) bond motifs is 1. The number of carbonyl (C=O) groups excluding carboxylic acids is 2. The number of amides is 1. The molecule has 0 unspecified atom stereocenters. The van der Waals surface area contributed by atoms with Gasteiger partial charge in [-0.1, -0.05) is 91.5 Å². The molecule has 0 aromatic heterocycles. The zero-order chi connectivity index (χ0) is 21.4. The topological polar surface area (TPSA) is 37.4 Å². The van der Waals surface area contributed by atoms with E-state index in [1.807, 2.05) is 89.8 Å².